The number of imide groups is 1. The molecule has 0 saturated carbocycles. The second-order valence-corrected chi connectivity index (χ2v) is 7.30. The first-order valence-electron chi connectivity index (χ1n) is 9.30. The van der Waals surface area contributed by atoms with E-state index in [-0.39, 0.29) is 18.2 Å². The van der Waals surface area contributed by atoms with Gasteiger partial charge in [-0.15, -0.1) is 0 Å². The van der Waals surface area contributed by atoms with Crippen LogP contribution in [0.3, 0.4) is 0 Å². The van der Waals surface area contributed by atoms with Gasteiger partial charge in [-0.3, -0.25) is 19.8 Å². The number of carbonyl (C=O) groups excluding carboxylic acids is 3. The third-order valence-electron chi connectivity index (χ3n) is 5.72. The number of fused-ring (bicyclic) bond motifs is 1. The highest BCUT2D eigenvalue weighted by Crippen LogP contribution is 2.26. The van der Waals surface area contributed by atoms with Gasteiger partial charge in [0, 0.05) is 38.6 Å². The van der Waals surface area contributed by atoms with Gasteiger partial charge < -0.3 is 10.2 Å². The number of urea groups is 1. The van der Waals surface area contributed by atoms with E-state index in [2.05, 4.69) is 39.8 Å². The van der Waals surface area contributed by atoms with Crippen LogP contribution in [0.4, 0.5) is 4.79 Å². The molecule has 1 aromatic rings. The summed E-state index contributed by atoms with van der Waals surface area (Å²) in [5.74, 6) is -0.276. The van der Waals surface area contributed by atoms with Gasteiger partial charge in [-0.05, 0) is 30.4 Å². The SMILES string of the molecule is O=C1NC(=O)[C@@H](CCC(=O)N2CCN(C3Cc4ccccc4C3)CC2)N1. The number of nitrogens with one attached hydrogen (secondary N) is 2. The Morgan fingerprint density at radius 3 is 2.27 bits per heavy atom. The van der Waals surface area contributed by atoms with Crippen molar-refractivity contribution in [3.05, 3.63) is 35.4 Å². The van der Waals surface area contributed by atoms with E-state index >= 15 is 0 Å². The van der Waals surface area contributed by atoms with Crippen molar-refractivity contribution in [2.24, 2.45) is 0 Å². The standard InChI is InChI=1S/C19H24N4O3/c24-17(6-5-16-18(25)21-19(26)20-16)23-9-7-22(8-10-23)15-11-13-3-1-2-4-14(13)12-15/h1-4,15-16H,5-12H2,(H2,20,21,25,26)/t16-/m1/s1. The van der Waals surface area contributed by atoms with E-state index in [9.17, 15) is 14.4 Å². The molecule has 1 aliphatic carbocycles. The maximum atomic E-state index is 12.4. The van der Waals surface area contributed by atoms with E-state index < -0.39 is 12.1 Å². The molecule has 26 heavy (non-hydrogen) atoms. The van der Waals surface area contributed by atoms with Crippen molar-refractivity contribution in [1.82, 2.24) is 20.4 Å². The van der Waals surface area contributed by atoms with Gasteiger partial charge in [0.15, 0.2) is 0 Å². The molecular formula is C19H24N4O3. The Morgan fingerprint density at radius 1 is 1.04 bits per heavy atom. The minimum Gasteiger partial charge on any atom is -0.340 e. The monoisotopic (exact) mass is 356 g/mol. The quantitative estimate of drug-likeness (QED) is 0.760. The van der Waals surface area contributed by atoms with Gasteiger partial charge in [-0.2, -0.15) is 0 Å². The molecule has 3 aliphatic rings. The lowest BCUT2D eigenvalue weighted by Crippen LogP contribution is -2.52. The first-order chi connectivity index (χ1) is 12.6. The van der Waals surface area contributed by atoms with Crippen LogP contribution in [0, 0.1) is 0 Å². The van der Waals surface area contributed by atoms with Crippen molar-refractivity contribution in [2.45, 2.75) is 37.8 Å². The van der Waals surface area contributed by atoms with Crippen LogP contribution in [0.5, 0.6) is 0 Å². The Morgan fingerprint density at radius 2 is 1.69 bits per heavy atom. The van der Waals surface area contributed by atoms with Crippen LogP contribution in [0.1, 0.15) is 24.0 Å². The minimum atomic E-state index is -0.579. The fourth-order valence-electron chi connectivity index (χ4n) is 4.22. The zero-order chi connectivity index (χ0) is 18.1. The molecule has 1 atom stereocenters. The first kappa shape index (κ1) is 17.0. The smallest absolute Gasteiger partial charge is 0.322 e. The normalized spacial score (nSPS) is 23.7. The zero-order valence-corrected chi connectivity index (χ0v) is 14.7. The topological polar surface area (TPSA) is 81.8 Å². The minimum absolute atomic E-state index is 0.0632. The number of hydrogen-bond donors (Lipinski definition) is 2. The largest absolute Gasteiger partial charge is 0.340 e. The lowest BCUT2D eigenvalue weighted by atomic mass is 10.1. The Hall–Kier alpha value is -2.41. The summed E-state index contributed by atoms with van der Waals surface area (Å²) in [6, 6.07) is 8.13. The number of carbonyl (C=O) groups is 3. The summed E-state index contributed by atoms with van der Waals surface area (Å²) in [6.45, 7) is 3.25. The molecule has 0 unspecified atom stereocenters. The molecule has 2 aliphatic heterocycles. The number of amides is 4. The Balaban J connectivity index is 1.23. The van der Waals surface area contributed by atoms with Crippen molar-refractivity contribution < 1.29 is 14.4 Å². The summed E-state index contributed by atoms with van der Waals surface area (Å²) in [5, 5.41) is 4.73. The highest BCUT2D eigenvalue weighted by atomic mass is 16.2. The Labute approximate surface area is 152 Å². The number of benzene rings is 1. The van der Waals surface area contributed by atoms with E-state index in [0.717, 1.165) is 39.0 Å². The maximum Gasteiger partial charge on any atom is 0.322 e. The summed E-state index contributed by atoms with van der Waals surface area (Å²) in [5.41, 5.74) is 2.90. The summed E-state index contributed by atoms with van der Waals surface area (Å²) in [7, 11) is 0. The van der Waals surface area contributed by atoms with Crippen LogP contribution < -0.4 is 10.6 Å². The molecule has 0 bridgehead atoms. The lowest BCUT2D eigenvalue weighted by Gasteiger charge is -2.38. The Bertz CT molecular complexity index is 702. The van der Waals surface area contributed by atoms with Gasteiger partial charge in [0.1, 0.15) is 6.04 Å². The molecule has 1 aromatic carbocycles. The molecule has 138 valence electrons. The molecule has 2 saturated heterocycles. The fraction of sp³-hybridized carbons (Fsp3) is 0.526. The van der Waals surface area contributed by atoms with Crippen molar-refractivity contribution in [3.8, 4) is 0 Å². The van der Waals surface area contributed by atoms with Crippen LogP contribution >= 0.6 is 0 Å². The van der Waals surface area contributed by atoms with E-state index in [1.165, 1.54) is 11.1 Å². The van der Waals surface area contributed by atoms with Crippen LogP contribution in [0.25, 0.3) is 0 Å². The van der Waals surface area contributed by atoms with Crippen LogP contribution in [-0.4, -0.2) is 65.9 Å². The average molecular weight is 356 g/mol. The second kappa shape index (κ2) is 7.07. The number of nitrogens with zero attached hydrogens (tertiary/aromatic N) is 2. The molecule has 0 aromatic heterocycles. The molecular weight excluding hydrogens is 332 g/mol. The summed E-state index contributed by atoms with van der Waals surface area (Å²) < 4.78 is 0. The molecule has 2 fully saturated rings. The van der Waals surface area contributed by atoms with Gasteiger partial charge in [-0.1, -0.05) is 24.3 Å². The van der Waals surface area contributed by atoms with Crippen molar-refractivity contribution in [3.63, 3.8) is 0 Å². The molecule has 2 heterocycles. The number of hydrogen-bond acceptors (Lipinski definition) is 4. The summed E-state index contributed by atoms with van der Waals surface area (Å²) >= 11 is 0. The second-order valence-electron chi connectivity index (χ2n) is 7.30. The van der Waals surface area contributed by atoms with Crippen LogP contribution in [-0.2, 0) is 22.4 Å². The van der Waals surface area contributed by atoms with Gasteiger partial charge >= 0.3 is 6.03 Å². The molecule has 0 radical (unpaired) electrons. The van der Waals surface area contributed by atoms with Crippen LogP contribution in [0.15, 0.2) is 24.3 Å². The van der Waals surface area contributed by atoms with E-state index in [1.54, 1.807) is 0 Å². The molecule has 7 nitrogen and oxygen atoms in total. The van der Waals surface area contributed by atoms with Gasteiger partial charge in [0.2, 0.25) is 5.91 Å². The molecule has 4 rings (SSSR count). The van der Waals surface area contributed by atoms with Gasteiger partial charge in [0.05, 0.1) is 0 Å². The first-order valence-corrected chi connectivity index (χ1v) is 9.30. The van der Waals surface area contributed by atoms with Crippen molar-refractivity contribution in [1.29, 1.82) is 0 Å². The summed E-state index contributed by atoms with van der Waals surface area (Å²) in [4.78, 5) is 39.4. The lowest BCUT2D eigenvalue weighted by molar-refractivity contribution is -0.133. The van der Waals surface area contributed by atoms with E-state index in [1.807, 2.05) is 4.90 Å². The number of piperazine rings is 1. The molecule has 4 amide bonds. The predicted molar refractivity (Wildman–Crippen MR) is 95.5 cm³/mol. The van der Waals surface area contributed by atoms with Gasteiger partial charge in [0.25, 0.3) is 5.91 Å². The number of rotatable bonds is 4. The van der Waals surface area contributed by atoms with E-state index in [4.69, 9.17) is 0 Å². The third-order valence-corrected chi connectivity index (χ3v) is 5.72. The third kappa shape index (κ3) is 3.44. The summed E-state index contributed by atoms with van der Waals surface area (Å²) in [6.07, 6.45) is 2.84. The average Bonchev–Trinajstić information content (AvgIpc) is 3.22. The highest BCUT2D eigenvalue weighted by molar-refractivity contribution is 6.04. The zero-order valence-electron chi connectivity index (χ0n) is 14.7. The highest BCUT2D eigenvalue weighted by Gasteiger charge is 2.32. The van der Waals surface area contributed by atoms with Crippen molar-refractivity contribution in [2.75, 3.05) is 26.2 Å². The Kier molecular flexibility index (Phi) is 4.63. The maximum absolute atomic E-state index is 12.4. The predicted octanol–water partition coefficient (Wildman–Crippen LogP) is 0.286. The van der Waals surface area contributed by atoms with Gasteiger partial charge in [-0.25, -0.2) is 4.79 Å². The fourth-order valence-corrected chi connectivity index (χ4v) is 4.22. The van der Waals surface area contributed by atoms with E-state index in [0.29, 0.717) is 12.5 Å². The van der Waals surface area contributed by atoms with Crippen LogP contribution in [0.2, 0.25) is 0 Å². The van der Waals surface area contributed by atoms with Crippen molar-refractivity contribution >= 4 is 17.8 Å². The molecule has 0 spiro atoms. The molecule has 7 heteroatoms. The molecule has 2 N–H and O–H groups in total.